The fraction of sp³-hybridized carbons (Fsp3) is 0.538. The van der Waals surface area contributed by atoms with Crippen molar-refractivity contribution in [1.29, 1.82) is 0 Å². The number of methoxy groups -OCH3 is 2. The number of hydrogen-bond acceptors (Lipinski definition) is 3. The van der Waals surface area contributed by atoms with Gasteiger partial charge >= 0.3 is 0 Å². The van der Waals surface area contributed by atoms with Gasteiger partial charge in [-0.15, -0.1) is 0 Å². The number of ether oxygens (including phenoxy) is 2. The molecule has 0 heterocycles. The maximum Gasteiger partial charge on any atom is 0.179 e. The Morgan fingerprint density at radius 2 is 1.88 bits per heavy atom. The quantitative estimate of drug-likeness (QED) is 0.900. The van der Waals surface area contributed by atoms with Crippen molar-refractivity contribution in [3.05, 3.63) is 22.2 Å². The maximum absolute atomic E-state index is 6.17. The molecule has 0 unspecified atom stereocenters. The van der Waals surface area contributed by atoms with Crippen LogP contribution in [0, 0.1) is 6.92 Å². The van der Waals surface area contributed by atoms with Crippen LogP contribution < -0.4 is 15.2 Å². The first-order valence-corrected chi connectivity index (χ1v) is 6.07. The number of nitrogens with two attached hydrogens (primary N) is 1. The topological polar surface area (TPSA) is 44.5 Å². The first kappa shape index (κ1) is 12.5. The van der Waals surface area contributed by atoms with Crippen molar-refractivity contribution in [1.82, 2.24) is 0 Å². The molecule has 0 aromatic heterocycles. The molecule has 1 aromatic rings. The van der Waals surface area contributed by atoms with Gasteiger partial charge in [0.05, 0.1) is 19.2 Å². The summed E-state index contributed by atoms with van der Waals surface area (Å²) in [6.07, 6.45) is 2.95. The van der Waals surface area contributed by atoms with Crippen LogP contribution in [0.4, 0.5) is 0 Å². The van der Waals surface area contributed by atoms with Gasteiger partial charge in [-0.05, 0) is 37.8 Å². The molecule has 0 aliphatic heterocycles. The molecule has 3 nitrogen and oxygen atoms in total. The van der Waals surface area contributed by atoms with E-state index >= 15 is 0 Å². The lowest BCUT2D eigenvalue weighted by Crippen LogP contribution is -2.25. The van der Waals surface area contributed by atoms with Crippen molar-refractivity contribution in [3.63, 3.8) is 0 Å². The molecule has 1 aromatic carbocycles. The van der Waals surface area contributed by atoms with E-state index in [1.54, 1.807) is 14.2 Å². The van der Waals surface area contributed by atoms with Crippen LogP contribution in [0.15, 0.2) is 6.07 Å². The largest absolute Gasteiger partial charge is 0.493 e. The van der Waals surface area contributed by atoms with Crippen molar-refractivity contribution in [3.8, 4) is 11.5 Å². The minimum atomic E-state index is -0.0586. The summed E-state index contributed by atoms with van der Waals surface area (Å²) in [6, 6.07) is 1.91. The number of aryl methyl sites for hydroxylation is 1. The fourth-order valence-corrected chi connectivity index (χ4v) is 2.41. The predicted octanol–water partition coefficient (Wildman–Crippen LogP) is 2.70. The van der Waals surface area contributed by atoms with Crippen LogP contribution >= 0.6 is 11.6 Å². The zero-order chi connectivity index (χ0) is 12.6. The highest BCUT2D eigenvalue weighted by Crippen LogP contribution is 2.44. The highest BCUT2D eigenvalue weighted by molar-refractivity contribution is 6.32. The van der Waals surface area contributed by atoms with Crippen LogP contribution in [-0.2, 0) is 6.42 Å². The van der Waals surface area contributed by atoms with Crippen LogP contribution in [0.2, 0.25) is 5.02 Å². The molecule has 1 aliphatic rings. The zero-order valence-electron chi connectivity index (χ0n) is 10.5. The van der Waals surface area contributed by atoms with E-state index in [1.165, 1.54) is 0 Å². The lowest BCUT2D eigenvalue weighted by Gasteiger charge is -2.19. The van der Waals surface area contributed by atoms with Gasteiger partial charge in [0.1, 0.15) is 0 Å². The lowest BCUT2D eigenvalue weighted by atomic mass is 9.98. The summed E-state index contributed by atoms with van der Waals surface area (Å²) >= 11 is 6.14. The molecular weight excluding hydrogens is 238 g/mol. The second-order valence-corrected chi connectivity index (χ2v) is 5.17. The number of rotatable bonds is 4. The normalized spacial score (nSPS) is 16.8. The van der Waals surface area contributed by atoms with Gasteiger partial charge in [-0.25, -0.2) is 0 Å². The molecular formula is C13H18ClNO2. The Hall–Kier alpha value is -0.930. The van der Waals surface area contributed by atoms with E-state index < -0.39 is 0 Å². The molecule has 1 saturated carbocycles. The summed E-state index contributed by atoms with van der Waals surface area (Å²) in [6.45, 7) is 2.02. The Morgan fingerprint density at radius 1 is 1.29 bits per heavy atom. The van der Waals surface area contributed by atoms with Gasteiger partial charge in [-0.2, -0.15) is 0 Å². The zero-order valence-corrected chi connectivity index (χ0v) is 11.2. The Morgan fingerprint density at radius 3 is 2.35 bits per heavy atom. The molecule has 0 radical (unpaired) electrons. The summed E-state index contributed by atoms with van der Waals surface area (Å²) in [5, 5.41) is 0.576. The molecule has 1 aliphatic carbocycles. The summed E-state index contributed by atoms with van der Waals surface area (Å²) in [7, 11) is 3.23. The Kier molecular flexibility index (Phi) is 3.23. The van der Waals surface area contributed by atoms with Crippen molar-refractivity contribution in [2.45, 2.75) is 31.7 Å². The van der Waals surface area contributed by atoms with Gasteiger partial charge in [0.25, 0.3) is 0 Å². The van der Waals surface area contributed by atoms with Gasteiger partial charge in [0, 0.05) is 11.1 Å². The second kappa shape index (κ2) is 4.39. The van der Waals surface area contributed by atoms with E-state index in [1.807, 2.05) is 13.0 Å². The van der Waals surface area contributed by atoms with Gasteiger partial charge < -0.3 is 15.2 Å². The van der Waals surface area contributed by atoms with E-state index in [0.29, 0.717) is 16.5 Å². The number of benzene rings is 1. The number of hydrogen-bond donors (Lipinski definition) is 1. The summed E-state index contributed by atoms with van der Waals surface area (Å²) in [5.74, 6) is 1.31. The summed E-state index contributed by atoms with van der Waals surface area (Å²) in [4.78, 5) is 0. The minimum absolute atomic E-state index is 0.0586. The van der Waals surface area contributed by atoms with Crippen LogP contribution in [0.5, 0.6) is 11.5 Å². The van der Waals surface area contributed by atoms with Crippen LogP contribution in [0.3, 0.4) is 0 Å². The molecule has 94 valence electrons. The number of halogens is 1. The maximum atomic E-state index is 6.17. The molecule has 2 N–H and O–H groups in total. The molecule has 0 bridgehead atoms. The second-order valence-electron chi connectivity index (χ2n) is 4.76. The summed E-state index contributed by atoms with van der Waals surface area (Å²) in [5.41, 5.74) is 8.32. The molecule has 17 heavy (non-hydrogen) atoms. The molecule has 0 atom stereocenters. The predicted molar refractivity (Wildman–Crippen MR) is 69.1 cm³/mol. The first-order chi connectivity index (χ1) is 8.00. The van der Waals surface area contributed by atoms with E-state index in [0.717, 1.165) is 30.4 Å². The van der Waals surface area contributed by atoms with Crippen molar-refractivity contribution < 1.29 is 9.47 Å². The van der Waals surface area contributed by atoms with Gasteiger partial charge in [0.15, 0.2) is 11.5 Å². The molecule has 4 heteroatoms. The van der Waals surface area contributed by atoms with Crippen molar-refractivity contribution in [2.24, 2.45) is 5.73 Å². The average Bonchev–Trinajstić information content (AvgIpc) is 3.00. The van der Waals surface area contributed by atoms with Gasteiger partial charge in [-0.3, -0.25) is 0 Å². The van der Waals surface area contributed by atoms with Crippen molar-refractivity contribution >= 4 is 11.6 Å². The third-order valence-electron chi connectivity index (χ3n) is 3.35. The molecule has 0 amide bonds. The monoisotopic (exact) mass is 255 g/mol. The van der Waals surface area contributed by atoms with Crippen molar-refractivity contribution in [2.75, 3.05) is 14.2 Å². The summed E-state index contributed by atoms with van der Waals surface area (Å²) < 4.78 is 10.7. The van der Waals surface area contributed by atoms with Crippen LogP contribution in [0.25, 0.3) is 0 Å². The standard InChI is InChI=1S/C13H18ClNO2/c1-8-6-10(14)12(17-3)11(16-2)9(8)7-13(15)4-5-13/h6H,4-5,7,15H2,1-3H3. The van der Waals surface area contributed by atoms with E-state index in [2.05, 4.69) is 0 Å². The molecule has 2 rings (SSSR count). The molecule has 1 fully saturated rings. The van der Waals surface area contributed by atoms with Gasteiger partial charge in [0.2, 0.25) is 0 Å². The Balaban J connectivity index is 2.48. The Bertz CT molecular complexity index is 442. The minimum Gasteiger partial charge on any atom is -0.493 e. The van der Waals surface area contributed by atoms with Crippen LogP contribution in [-0.4, -0.2) is 19.8 Å². The van der Waals surface area contributed by atoms with E-state index in [4.69, 9.17) is 26.8 Å². The SMILES string of the molecule is COc1c(Cl)cc(C)c(CC2(N)CC2)c1OC. The third kappa shape index (κ3) is 2.35. The lowest BCUT2D eigenvalue weighted by molar-refractivity contribution is 0.350. The third-order valence-corrected chi connectivity index (χ3v) is 3.63. The molecule has 0 saturated heterocycles. The van der Waals surface area contributed by atoms with E-state index in [-0.39, 0.29) is 5.54 Å². The fourth-order valence-electron chi connectivity index (χ4n) is 2.08. The Labute approximate surface area is 107 Å². The average molecular weight is 256 g/mol. The highest BCUT2D eigenvalue weighted by atomic mass is 35.5. The highest BCUT2D eigenvalue weighted by Gasteiger charge is 2.39. The van der Waals surface area contributed by atoms with E-state index in [9.17, 15) is 0 Å². The first-order valence-electron chi connectivity index (χ1n) is 5.69. The smallest absolute Gasteiger partial charge is 0.179 e. The molecule has 0 spiro atoms. The van der Waals surface area contributed by atoms with Gasteiger partial charge in [-0.1, -0.05) is 11.6 Å². The van der Waals surface area contributed by atoms with Crippen LogP contribution in [0.1, 0.15) is 24.0 Å².